The molecule has 3 heterocycles. The zero-order valence-corrected chi connectivity index (χ0v) is 23.4. The molecule has 3 aromatic carbocycles. The molecule has 0 aliphatic carbocycles. The van der Waals surface area contributed by atoms with E-state index >= 15 is 0 Å². The topological polar surface area (TPSA) is 44.9 Å². The summed E-state index contributed by atoms with van der Waals surface area (Å²) in [5.74, 6) is 2.46. The predicted octanol–water partition coefficient (Wildman–Crippen LogP) is 8.75. The summed E-state index contributed by atoms with van der Waals surface area (Å²) >= 11 is 0. The van der Waals surface area contributed by atoms with Gasteiger partial charge in [-0.15, -0.1) is 0 Å². The smallest absolute Gasteiger partial charge is 0.137 e. The van der Waals surface area contributed by atoms with Crippen molar-refractivity contribution in [3.8, 4) is 23.0 Å². The van der Waals surface area contributed by atoms with E-state index in [1.54, 1.807) is 6.20 Å². The van der Waals surface area contributed by atoms with Crippen molar-refractivity contribution in [2.45, 2.75) is 52.4 Å². The lowest BCUT2D eigenvalue weighted by Gasteiger charge is -2.21. The summed E-state index contributed by atoms with van der Waals surface area (Å²) in [6, 6.07) is 27.4. The fraction of sp³-hybridized carbons (Fsp3) is 0.235. The minimum Gasteiger partial charge on any atom is -0.457 e. The third-order valence-corrected chi connectivity index (χ3v) is 7.25. The fourth-order valence-corrected chi connectivity index (χ4v) is 5.03. The predicted molar refractivity (Wildman–Crippen MR) is 160 cm³/mol. The first kappa shape index (κ1) is 24.9. The van der Waals surface area contributed by atoms with Crippen LogP contribution in [-0.4, -0.2) is 19.3 Å². The molecule has 0 bridgehead atoms. The molecule has 39 heavy (non-hydrogen) atoms. The molecule has 0 saturated carbocycles. The van der Waals surface area contributed by atoms with Crippen LogP contribution >= 0.6 is 0 Å². The summed E-state index contributed by atoms with van der Waals surface area (Å²) in [5.41, 5.74) is 5.57. The lowest BCUT2D eigenvalue weighted by Crippen LogP contribution is -2.12. The Morgan fingerprint density at radius 1 is 0.641 bits per heavy atom. The fourth-order valence-electron chi connectivity index (χ4n) is 5.03. The highest BCUT2D eigenvalue weighted by molar-refractivity contribution is 6.09. The summed E-state index contributed by atoms with van der Waals surface area (Å²) in [7, 11) is 0. The molecule has 196 valence electrons. The third kappa shape index (κ3) is 4.69. The van der Waals surface area contributed by atoms with E-state index < -0.39 is 0 Å². The summed E-state index contributed by atoms with van der Waals surface area (Å²) < 4.78 is 10.7. The second-order valence-electron chi connectivity index (χ2n) is 12.2. The molecule has 0 saturated heterocycles. The zero-order chi connectivity index (χ0) is 27.4. The maximum absolute atomic E-state index is 6.55. The van der Waals surface area contributed by atoms with Gasteiger partial charge in [0.15, 0.2) is 0 Å². The molecular weight excluding hydrogens is 480 g/mol. The number of fused-ring (bicyclic) bond motifs is 3. The van der Waals surface area contributed by atoms with E-state index in [0.29, 0.717) is 0 Å². The van der Waals surface area contributed by atoms with Crippen LogP contribution in [0, 0.1) is 0 Å². The van der Waals surface area contributed by atoms with Crippen LogP contribution < -0.4 is 4.74 Å². The van der Waals surface area contributed by atoms with E-state index in [1.165, 1.54) is 21.9 Å². The first-order valence-electron chi connectivity index (χ1n) is 13.4. The maximum Gasteiger partial charge on any atom is 0.137 e. The quantitative estimate of drug-likeness (QED) is 0.236. The molecule has 0 aliphatic heterocycles. The minimum atomic E-state index is -0.0403. The SMILES string of the molecule is CC(C)(C)c1cc(Oc2ccc3c4ccccc4n(-c4cc(C(C)(C)C)ccn4)c3c2)cc(-n2cccn2)c1. The van der Waals surface area contributed by atoms with Crippen LogP contribution in [0.3, 0.4) is 0 Å². The van der Waals surface area contributed by atoms with Gasteiger partial charge in [-0.25, -0.2) is 9.67 Å². The van der Waals surface area contributed by atoms with Gasteiger partial charge in [0.1, 0.15) is 17.3 Å². The first-order valence-corrected chi connectivity index (χ1v) is 13.4. The Morgan fingerprint density at radius 2 is 1.41 bits per heavy atom. The van der Waals surface area contributed by atoms with Gasteiger partial charge in [-0.2, -0.15) is 5.10 Å². The van der Waals surface area contributed by atoms with Gasteiger partial charge in [0.25, 0.3) is 0 Å². The number of para-hydroxylation sites is 1. The highest BCUT2D eigenvalue weighted by atomic mass is 16.5. The van der Waals surface area contributed by atoms with Crippen molar-refractivity contribution in [2.75, 3.05) is 0 Å². The molecule has 0 aliphatic rings. The summed E-state index contributed by atoms with van der Waals surface area (Å²) in [6.45, 7) is 13.3. The van der Waals surface area contributed by atoms with Crippen LogP contribution in [0.15, 0.2) is 97.5 Å². The van der Waals surface area contributed by atoms with Gasteiger partial charge in [-0.3, -0.25) is 4.57 Å². The lowest BCUT2D eigenvalue weighted by molar-refractivity contribution is 0.478. The van der Waals surface area contributed by atoms with Crippen molar-refractivity contribution in [1.29, 1.82) is 0 Å². The van der Waals surface area contributed by atoms with Gasteiger partial charge in [-0.1, -0.05) is 59.7 Å². The molecule has 5 nitrogen and oxygen atoms in total. The van der Waals surface area contributed by atoms with Crippen molar-refractivity contribution in [2.24, 2.45) is 0 Å². The van der Waals surface area contributed by atoms with Crippen molar-refractivity contribution in [3.05, 3.63) is 109 Å². The Labute approximate surface area is 229 Å². The molecule has 3 aromatic heterocycles. The normalized spacial score (nSPS) is 12.4. The van der Waals surface area contributed by atoms with Gasteiger partial charge >= 0.3 is 0 Å². The second kappa shape index (κ2) is 9.12. The molecule has 0 spiro atoms. The van der Waals surface area contributed by atoms with E-state index in [0.717, 1.165) is 34.0 Å². The Kier molecular flexibility index (Phi) is 5.83. The summed E-state index contributed by atoms with van der Waals surface area (Å²) in [5, 5.41) is 6.80. The average molecular weight is 515 g/mol. The monoisotopic (exact) mass is 514 g/mol. The highest BCUT2D eigenvalue weighted by Crippen LogP contribution is 2.37. The Balaban J connectivity index is 1.50. The molecule has 0 amide bonds. The van der Waals surface area contributed by atoms with Gasteiger partial charge in [0.2, 0.25) is 0 Å². The molecule has 5 heteroatoms. The number of rotatable bonds is 4. The molecule has 0 N–H and O–H groups in total. The third-order valence-electron chi connectivity index (χ3n) is 7.25. The first-order chi connectivity index (χ1) is 18.6. The van der Waals surface area contributed by atoms with Crippen LogP contribution in [0.5, 0.6) is 11.5 Å². The Hall–Kier alpha value is -4.38. The standard InChI is InChI=1S/C34H34N4O/c1-33(2,3)23-14-16-35-32(20-23)38-30-11-8-7-10-28(30)29-13-12-26(22-31(29)38)39-27-19-24(34(4,5)6)18-25(21-27)37-17-9-15-36-37/h7-22H,1-6H3. The van der Waals surface area contributed by atoms with Crippen LogP contribution in [0.25, 0.3) is 33.3 Å². The molecule has 0 fully saturated rings. The molecule has 0 atom stereocenters. The minimum absolute atomic E-state index is 0.0229. The number of pyridine rings is 1. The zero-order valence-electron chi connectivity index (χ0n) is 23.4. The lowest BCUT2D eigenvalue weighted by atomic mass is 9.86. The van der Waals surface area contributed by atoms with Crippen LogP contribution in [0.2, 0.25) is 0 Å². The number of benzene rings is 3. The van der Waals surface area contributed by atoms with E-state index in [9.17, 15) is 0 Å². The van der Waals surface area contributed by atoms with E-state index in [1.807, 2.05) is 29.2 Å². The number of hydrogen-bond donors (Lipinski definition) is 0. The van der Waals surface area contributed by atoms with Gasteiger partial charge in [-0.05, 0) is 70.5 Å². The highest BCUT2D eigenvalue weighted by Gasteiger charge is 2.19. The second-order valence-corrected chi connectivity index (χ2v) is 12.2. The molecule has 6 rings (SSSR count). The van der Waals surface area contributed by atoms with Crippen LogP contribution in [0.4, 0.5) is 0 Å². The molecule has 0 radical (unpaired) electrons. The Bertz CT molecular complexity index is 1800. The summed E-state index contributed by atoms with van der Waals surface area (Å²) in [4.78, 5) is 4.80. The maximum atomic E-state index is 6.55. The largest absolute Gasteiger partial charge is 0.457 e. The number of nitrogens with zero attached hydrogens (tertiary/aromatic N) is 4. The number of aromatic nitrogens is 4. The molecule has 0 unspecified atom stereocenters. The average Bonchev–Trinajstić information content (AvgIpc) is 3.54. The number of hydrogen-bond acceptors (Lipinski definition) is 3. The van der Waals surface area contributed by atoms with Crippen LogP contribution in [-0.2, 0) is 10.8 Å². The van der Waals surface area contributed by atoms with Gasteiger partial charge < -0.3 is 4.74 Å². The van der Waals surface area contributed by atoms with E-state index in [2.05, 4.69) is 118 Å². The van der Waals surface area contributed by atoms with Gasteiger partial charge in [0.05, 0.1) is 16.7 Å². The van der Waals surface area contributed by atoms with Crippen LogP contribution in [0.1, 0.15) is 52.7 Å². The van der Waals surface area contributed by atoms with Gasteiger partial charge in [0, 0.05) is 41.5 Å². The summed E-state index contributed by atoms with van der Waals surface area (Å²) in [6.07, 6.45) is 5.65. The van der Waals surface area contributed by atoms with E-state index in [4.69, 9.17) is 9.72 Å². The van der Waals surface area contributed by atoms with Crippen molar-refractivity contribution in [1.82, 2.24) is 19.3 Å². The number of ether oxygens (including phenoxy) is 1. The van der Waals surface area contributed by atoms with Crippen molar-refractivity contribution in [3.63, 3.8) is 0 Å². The van der Waals surface area contributed by atoms with Crippen molar-refractivity contribution < 1.29 is 4.74 Å². The van der Waals surface area contributed by atoms with E-state index in [-0.39, 0.29) is 10.8 Å². The molecular formula is C34H34N4O. The Morgan fingerprint density at radius 3 is 2.15 bits per heavy atom. The molecule has 6 aromatic rings. The van der Waals surface area contributed by atoms with Crippen molar-refractivity contribution >= 4 is 21.8 Å².